The average Bonchev–Trinajstić information content (AvgIpc) is 3.73. The highest BCUT2D eigenvalue weighted by atomic mass is 32.2. The van der Waals surface area contributed by atoms with E-state index in [0.717, 1.165) is 29.1 Å². The Morgan fingerprint density at radius 3 is 2.11 bits per heavy atom. The number of nitrogens with one attached hydrogen (secondary N) is 1. The first-order valence-corrected chi connectivity index (χ1v) is 15.5. The molecule has 5 heterocycles. The van der Waals surface area contributed by atoms with Crippen molar-refractivity contribution in [2.45, 2.75) is 43.4 Å². The van der Waals surface area contributed by atoms with Crippen LogP contribution in [-0.4, -0.2) is 104 Å². The number of aliphatic carboxylic acids is 2. The molecule has 3 aliphatic heterocycles. The zero-order valence-corrected chi connectivity index (χ0v) is 25.9. The Labute approximate surface area is 261 Å². The van der Waals surface area contributed by atoms with Gasteiger partial charge in [0, 0.05) is 16.5 Å². The van der Waals surface area contributed by atoms with Crippen LogP contribution >= 0.6 is 34.4 Å². The van der Waals surface area contributed by atoms with Crippen molar-refractivity contribution in [2.24, 2.45) is 10.3 Å². The van der Waals surface area contributed by atoms with E-state index < -0.39 is 35.2 Å². The highest BCUT2D eigenvalue weighted by molar-refractivity contribution is 8.00. The monoisotopic (exact) mass is 668 g/mol. The van der Waals surface area contributed by atoms with Gasteiger partial charge in [-0.05, 0) is 25.3 Å². The molecule has 5 rings (SSSR count). The van der Waals surface area contributed by atoms with Gasteiger partial charge in [0.1, 0.15) is 42.7 Å². The van der Waals surface area contributed by atoms with Crippen LogP contribution in [0.2, 0.25) is 0 Å². The van der Waals surface area contributed by atoms with Crippen LogP contribution in [0.15, 0.2) is 32.3 Å². The van der Waals surface area contributed by atoms with Gasteiger partial charge in [-0.2, -0.15) is 0 Å². The number of nitrogens with zero attached hydrogens (tertiary/aromatic N) is 5. The summed E-state index contributed by atoms with van der Waals surface area (Å²) in [6, 6.07) is -0.894. The van der Waals surface area contributed by atoms with Gasteiger partial charge in [0.15, 0.2) is 16.0 Å². The van der Waals surface area contributed by atoms with Gasteiger partial charge in [0.25, 0.3) is 11.8 Å². The standard InChI is InChI=1S/C18H21N5O6S2.C6H7N3O3S/c1-7-3-4-10(29-7)8-5-30-16-12(15(25)23(16)13(8)17(26)27)21-14(24)11(22-28-2)9-6-31-18(19)20-9;1-12-9-4(5(10)11)3-2-13-6(7)8-3/h6-7,10,12,16H,3-5H2,1-2H3,(H2,19,20)(H,21,24)(H,26,27);2H,1H3,(H2,7,8)(H,10,11)/b22-11-;9-4-/t7-,10-,12-,16-;/m1./s1. The highest BCUT2D eigenvalue weighted by Crippen LogP contribution is 2.43. The zero-order chi connectivity index (χ0) is 32.1. The number of carboxylic acid groups (broad SMARTS) is 2. The Bertz CT molecular complexity index is 1540. The number of amides is 2. The number of anilines is 2. The van der Waals surface area contributed by atoms with Gasteiger partial charge in [0.05, 0.1) is 12.2 Å². The summed E-state index contributed by atoms with van der Waals surface area (Å²) in [4.78, 5) is 66.3. The summed E-state index contributed by atoms with van der Waals surface area (Å²) >= 11 is 3.67. The number of hydrogen-bond donors (Lipinski definition) is 5. The number of β-lactam (4-membered cyclic amide) rings is 1. The maximum atomic E-state index is 12.8. The summed E-state index contributed by atoms with van der Waals surface area (Å²) in [7, 11) is 2.55. The predicted octanol–water partition coefficient (Wildman–Crippen LogP) is 0.542. The lowest BCUT2D eigenvalue weighted by atomic mass is 9.99. The van der Waals surface area contributed by atoms with Crippen LogP contribution in [-0.2, 0) is 33.6 Å². The molecule has 2 fully saturated rings. The van der Waals surface area contributed by atoms with Crippen LogP contribution in [0.5, 0.6) is 0 Å². The number of fused-ring (bicyclic) bond motifs is 1. The lowest BCUT2D eigenvalue weighted by Crippen LogP contribution is -2.71. The second-order valence-electron chi connectivity index (χ2n) is 9.24. The van der Waals surface area contributed by atoms with E-state index in [-0.39, 0.29) is 45.8 Å². The largest absolute Gasteiger partial charge is 0.477 e. The molecule has 17 nitrogen and oxygen atoms in total. The van der Waals surface area contributed by atoms with Crippen molar-refractivity contribution in [3.05, 3.63) is 33.4 Å². The quantitative estimate of drug-likeness (QED) is 0.139. The Morgan fingerprint density at radius 1 is 1.05 bits per heavy atom. The van der Waals surface area contributed by atoms with Crippen LogP contribution in [0.3, 0.4) is 0 Å². The normalized spacial score (nSPS) is 23.2. The maximum absolute atomic E-state index is 12.8. The third-order valence-electron chi connectivity index (χ3n) is 6.42. The fourth-order valence-corrected chi connectivity index (χ4v) is 7.04. The molecule has 0 spiro atoms. The van der Waals surface area contributed by atoms with E-state index in [0.29, 0.717) is 22.9 Å². The second kappa shape index (κ2) is 14.0. The SMILES string of the molecule is CO/N=C(\C(=O)N[C@@H]1C(=O)N2C(C(=O)O)=C([C@H]3CC[C@@H](C)O3)CS[C@H]12)c1csc(N)n1.CO/N=C(\C(=O)O)c1csc(N)n1. The van der Waals surface area contributed by atoms with Gasteiger partial charge in [0.2, 0.25) is 5.71 Å². The number of nitrogens with two attached hydrogens (primary N) is 2. The van der Waals surface area contributed by atoms with Crippen molar-refractivity contribution in [3.63, 3.8) is 0 Å². The van der Waals surface area contributed by atoms with Crippen molar-refractivity contribution in [1.29, 1.82) is 0 Å². The fraction of sp³-hybridized carbons (Fsp3) is 0.417. The molecule has 0 aromatic carbocycles. The van der Waals surface area contributed by atoms with Crippen molar-refractivity contribution in [3.8, 4) is 0 Å². The Hall–Kier alpha value is -4.27. The molecule has 4 atom stereocenters. The molecule has 236 valence electrons. The molecule has 2 amide bonds. The van der Waals surface area contributed by atoms with Gasteiger partial charge in [-0.25, -0.2) is 19.6 Å². The second-order valence-corrected chi connectivity index (χ2v) is 12.1. The number of carbonyl (C=O) groups excluding carboxylic acids is 2. The minimum atomic E-state index is -1.20. The maximum Gasteiger partial charge on any atom is 0.360 e. The van der Waals surface area contributed by atoms with Crippen molar-refractivity contribution in [2.75, 3.05) is 31.4 Å². The van der Waals surface area contributed by atoms with E-state index in [4.69, 9.17) is 26.1 Å². The molecule has 20 heteroatoms. The third kappa shape index (κ3) is 6.93. The number of nitrogen functional groups attached to an aromatic ring is 2. The minimum absolute atomic E-state index is 0.0450. The summed E-state index contributed by atoms with van der Waals surface area (Å²) < 4.78 is 5.84. The lowest BCUT2D eigenvalue weighted by Gasteiger charge is -2.49. The molecular weight excluding hydrogens is 641 g/mol. The van der Waals surface area contributed by atoms with Crippen LogP contribution in [0, 0.1) is 0 Å². The van der Waals surface area contributed by atoms with E-state index in [1.165, 1.54) is 36.3 Å². The smallest absolute Gasteiger partial charge is 0.360 e. The molecule has 0 aliphatic carbocycles. The first-order chi connectivity index (χ1) is 21.0. The molecule has 7 N–H and O–H groups in total. The van der Waals surface area contributed by atoms with Crippen LogP contribution < -0.4 is 16.8 Å². The highest BCUT2D eigenvalue weighted by Gasteiger charge is 2.55. The minimum Gasteiger partial charge on any atom is -0.477 e. The summed E-state index contributed by atoms with van der Waals surface area (Å²) in [5.41, 5.74) is 11.6. The number of aromatic nitrogens is 2. The van der Waals surface area contributed by atoms with E-state index in [2.05, 4.69) is 30.4 Å². The predicted molar refractivity (Wildman–Crippen MR) is 161 cm³/mol. The number of thioether (sulfide) groups is 1. The van der Waals surface area contributed by atoms with Gasteiger partial charge in [-0.3, -0.25) is 14.5 Å². The molecule has 2 saturated heterocycles. The number of carbonyl (C=O) groups is 4. The molecular formula is C24H28N8O9S3. The number of ether oxygens (including phenoxy) is 1. The summed E-state index contributed by atoms with van der Waals surface area (Å²) in [5.74, 6) is -3.14. The van der Waals surface area contributed by atoms with Gasteiger partial charge < -0.3 is 41.4 Å². The van der Waals surface area contributed by atoms with Gasteiger partial charge in [-0.1, -0.05) is 10.3 Å². The van der Waals surface area contributed by atoms with Crippen LogP contribution in [0.4, 0.5) is 10.3 Å². The first-order valence-electron chi connectivity index (χ1n) is 12.7. The molecule has 3 aliphatic rings. The first kappa shape index (κ1) is 32.6. The lowest BCUT2D eigenvalue weighted by molar-refractivity contribution is -0.150. The summed E-state index contributed by atoms with van der Waals surface area (Å²) in [5, 5.41) is 31.2. The average molecular weight is 669 g/mol. The van der Waals surface area contributed by atoms with Crippen molar-refractivity contribution in [1.82, 2.24) is 20.2 Å². The zero-order valence-electron chi connectivity index (χ0n) is 23.5. The third-order valence-corrected chi connectivity index (χ3v) is 9.07. The van der Waals surface area contributed by atoms with Crippen molar-refractivity contribution < 1.29 is 43.8 Å². The Balaban J connectivity index is 0.000000285. The number of thiazole rings is 2. The Morgan fingerprint density at radius 2 is 1.64 bits per heavy atom. The summed E-state index contributed by atoms with van der Waals surface area (Å²) in [6.45, 7) is 1.94. The molecule has 0 bridgehead atoms. The number of hydrogen-bond acceptors (Lipinski definition) is 16. The number of carboxylic acids is 2. The topological polar surface area (TPSA) is 254 Å². The molecule has 0 saturated carbocycles. The van der Waals surface area contributed by atoms with Gasteiger partial charge >= 0.3 is 11.9 Å². The number of rotatable bonds is 9. The molecule has 2 aromatic heterocycles. The van der Waals surface area contributed by atoms with E-state index in [9.17, 15) is 24.3 Å². The van der Waals surface area contributed by atoms with Crippen LogP contribution in [0.1, 0.15) is 31.2 Å². The van der Waals surface area contributed by atoms with E-state index in [1.807, 2.05) is 6.92 Å². The van der Waals surface area contributed by atoms with E-state index >= 15 is 0 Å². The van der Waals surface area contributed by atoms with E-state index in [1.54, 1.807) is 5.38 Å². The molecule has 0 radical (unpaired) electrons. The molecule has 2 aromatic rings. The van der Waals surface area contributed by atoms with Gasteiger partial charge in [-0.15, -0.1) is 34.4 Å². The van der Waals surface area contributed by atoms with Crippen molar-refractivity contribution >= 4 is 79.9 Å². The summed E-state index contributed by atoms with van der Waals surface area (Å²) in [6.07, 6.45) is 1.29. The fourth-order valence-electron chi connectivity index (χ4n) is 4.53. The number of oxime groups is 2. The van der Waals surface area contributed by atoms with Crippen LogP contribution in [0.25, 0.3) is 0 Å². The Kier molecular flexibility index (Phi) is 10.4. The molecule has 0 unspecified atom stereocenters. The molecule has 44 heavy (non-hydrogen) atoms.